The zero-order valence-corrected chi connectivity index (χ0v) is 17.2. The van der Waals surface area contributed by atoms with Crippen LogP contribution in [0.15, 0.2) is 48.7 Å². The lowest BCUT2D eigenvalue weighted by molar-refractivity contribution is -0.130. The Morgan fingerprint density at radius 1 is 1.30 bits per heavy atom. The number of thioether (sulfide) groups is 1. The number of aromatic nitrogens is 1. The highest BCUT2D eigenvalue weighted by atomic mass is 35.5. The lowest BCUT2D eigenvalue weighted by Gasteiger charge is -2.42. The summed E-state index contributed by atoms with van der Waals surface area (Å²) >= 11 is 12.9. The Morgan fingerprint density at radius 2 is 2.00 bits per heavy atom. The second-order valence-corrected chi connectivity index (χ2v) is 9.28. The highest BCUT2D eigenvalue weighted by molar-refractivity contribution is 8.24. The molecule has 1 saturated heterocycles. The van der Waals surface area contributed by atoms with Gasteiger partial charge in [-0.25, -0.2) is 4.98 Å². The molecular formula is C19H18ClN3O2S2. The van der Waals surface area contributed by atoms with Crippen LogP contribution in [0.4, 0.5) is 0 Å². The first-order valence-electron chi connectivity index (χ1n) is 8.29. The first-order valence-corrected chi connectivity index (χ1v) is 9.89. The van der Waals surface area contributed by atoms with Gasteiger partial charge in [-0.15, -0.1) is 0 Å². The number of halogens is 1. The summed E-state index contributed by atoms with van der Waals surface area (Å²) in [5, 5.41) is 2.91. The van der Waals surface area contributed by atoms with Crippen molar-refractivity contribution >= 4 is 51.7 Å². The summed E-state index contributed by atoms with van der Waals surface area (Å²) in [7, 11) is 0. The maximum Gasteiger partial charge on any atom is 0.255 e. The zero-order valence-electron chi connectivity index (χ0n) is 14.8. The van der Waals surface area contributed by atoms with Gasteiger partial charge in [-0.05, 0) is 31.5 Å². The molecule has 1 aliphatic heterocycles. The third-order valence-electron chi connectivity index (χ3n) is 4.24. The van der Waals surface area contributed by atoms with Gasteiger partial charge in [-0.2, -0.15) is 0 Å². The fourth-order valence-electron chi connectivity index (χ4n) is 2.79. The largest absolute Gasteiger partial charge is 0.339 e. The Morgan fingerprint density at radius 3 is 2.67 bits per heavy atom. The molecular weight excluding hydrogens is 402 g/mol. The predicted octanol–water partition coefficient (Wildman–Crippen LogP) is 3.67. The molecule has 1 N–H and O–H groups in total. The number of carbonyl (C=O) groups is 2. The first kappa shape index (κ1) is 19.8. The third kappa shape index (κ3) is 4.31. The van der Waals surface area contributed by atoms with Crippen LogP contribution >= 0.6 is 35.6 Å². The number of benzene rings is 1. The van der Waals surface area contributed by atoms with Crippen LogP contribution in [0.25, 0.3) is 0 Å². The van der Waals surface area contributed by atoms with E-state index < -0.39 is 16.7 Å². The van der Waals surface area contributed by atoms with Gasteiger partial charge < -0.3 is 5.32 Å². The van der Waals surface area contributed by atoms with Crippen LogP contribution < -0.4 is 5.32 Å². The van der Waals surface area contributed by atoms with E-state index in [1.807, 2.05) is 44.2 Å². The molecule has 140 valence electrons. The predicted molar refractivity (Wildman–Crippen MR) is 112 cm³/mol. The van der Waals surface area contributed by atoms with Crippen LogP contribution in [0.3, 0.4) is 0 Å². The number of amides is 2. The van der Waals surface area contributed by atoms with Crippen molar-refractivity contribution in [3.05, 3.63) is 64.9 Å². The summed E-state index contributed by atoms with van der Waals surface area (Å²) in [4.78, 5) is 31.3. The number of carbonyl (C=O) groups excluding carboxylic acids is 2. The van der Waals surface area contributed by atoms with E-state index in [4.69, 9.17) is 23.8 Å². The van der Waals surface area contributed by atoms with E-state index in [2.05, 4.69) is 10.3 Å². The number of thiocarbonyl (C=S) groups is 1. The summed E-state index contributed by atoms with van der Waals surface area (Å²) < 4.78 is -0.0927. The van der Waals surface area contributed by atoms with Crippen LogP contribution in [0, 0.1) is 0 Å². The van der Waals surface area contributed by atoms with Gasteiger partial charge in [0.15, 0.2) is 0 Å². The van der Waals surface area contributed by atoms with E-state index in [0.29, 0.717) is 10.9 Å². The van der Waals surface area contributed by atoms with Crippen molar-refractivity contribution in [2.45, 2.75) is 31.2 Å². The quantitative estimate of drug-likeness (QED) is 0.605. The summed E-state index contributed by atoms with van der Waals surface area (Å²) in [6, 6.07) is 12.1. The van der Waals surface area contributed by atoms with E-state index in [-0.39, 0.29) is 16.6 Å². The molecule has 2 amide bonds. The molecule has 5 nitrogen and oxygen atoms in total. The monoisotopic (exact) mass is 419 g/mol. The molecule has 0 saturated carbocycles. The minimum atomic E-state index is -0.748. The number of hydrogen-bond donors (Lipinski definition) is 1. The standard InChI is InChI=1S/C19H18ClN3O2S2/c1-19(2)14(22-16(24)13-9-6-10-21-15(13)20)17(25)23(18(26)27-19)11-12-7-4-3-5-8-12/h3-10,14H,11H2,1-2H3,(H,22,24). The van der Waals surface area contributed by atoms with Crippen molar-refractivity contribution in [2.24, 2.45) is 0 Å². The summed E-state index contributed by atoms with van der Waals surface area (Å²) in [6.45, 7) is 4.14. The van der Waals surface area contributed by atoms with E-state index in [9.17, 15) is 9.59 Å². The Balaban J connectivity index is 1.84. The van der Waals surface area contributed by atoms with Gasteiger partial charge >= 0.3 is 0 Å². The maximum atomic E-state index is 13.2. The minimum Gasteiger partial charge on any atom is -0.339 e. The molecule has 0 bridgehead atoms. The Labute approximate surface area is 172 Å². The van der Waals surface area contributed by atoms with Crippen LogP contribution in [-0.2, 0) is 11.3 Å². The van der Waals surface area contributed by atoms with Gasteiger partial charge in [-0.1, -0.05) is 65.9 Å². The van der Waals surface area contributed by atoms with Crippen LogP contribution in [-0.4, -0.2) is 36.8 Å². The molecule has 0 radical (unpaired) electrons. The molecule has 1 aliphatic rings. The molecule has 1 fully saturated rings. The van der Waals surface area contributed by atoms with Crippen molar-refractivity contribution in [3.63, 3.8) is 0 Å². The number of hydrogen-bond acceptors (Lipinski definition) is 5. The minimum absolute atomic E-state index is 0.0976. The van der Waals surface area contributed by atoms with Gasteiger partial charge in [0.1, 0.15) is 15.5 Å². The average molecular weight is 420 g/mol. The van der Waals surface area contributed by atoms with Crippen molar-refractivity contribution in [1.29, 1.82) is 0 Å². The lowest BCUT2D eigenvalue weighted by Crippen LogP contribution is -2.62. The van der Waals surface area contributed by atoms with Crippen LogP contribution in [0.5, 0.6) is 0 Å². The maximum absolute atomic E-state index is 13.2. The van der Waals surface area contributed by atoms with Crippen LogP contribution in [0.2, 0.25) is 5.15 Å². The van der Waals surface area contributed by atoms with Gasteiger partial charge in [0, 0.05) is 10.9 Å². The highest BCUT2D eigenvalue weighted by Crippen LogP contribution is 2.37. The summed E-state index contributed by atoms with van der Waals surface area (Å²) in [6.07, 6.45) is 1.50. The number of rotatable bonds is 4. The fraction of sp³-hybridized carbons (Fsp3) is 0.263. The molecule has 1 aromatic carbocycles. The van der Waals surface area contributed by atoms with Crippen molar-refractivity contribution in [2.75, 3.05) is 0 Å². The fourth-order valence-corrected chi connectivity index (χ4v) is 4.79. The third-order valence-corrected chi connectivity index (χ3v) is 6.17. The van der Waals surface area contributed by atoms with E-state index in [1.165, 1.54) is 22.9 Å². The van der Waals surface area contributed by atoms with Crippen molar-refractivity contribution in [1.82, 2.24) is 15.2 Å². The topological polar surface area (TPSA) is 62.3 Å². The van der Waals surface area contributed by atoms with Gasteiger partial charge in [0.05, 0.1) is 12.1 Å². The smallest absolute Gasteiger partial charge is 0.255 e. The number of nitrogens with one attached hydrogen (secondary N) is 1. The highest BCUT2D eigenvalue weighted by Gasteiger charge is 2.46. The van der Waals surface area contributed by atoms with Crippen LogP contribution in [0.1, 0.15) is 29.8 Å². The Bertz CT molecular complexity index is 890. The Kier molecular flexibility index (Phi) is 5.83. The molecule has 1 atom stereocenters. The molecule has 2 heterocycles. The van der Waals surface area contributed by atoms with Gasteiger partial charge in [0.2, 0.25) is 0 Å². The molecule has 8 heteroatoms. The normalized spacial score (nSPS) is 19.1. The second-order valence-electron chi connectivity index (χ2n) is 6.63. The van der Waals surface area contributed by atoms with E-state index in [0.717, 1.165) is 5.56 Å². The molecule has 0 aliphatic carbocycles. The van der Waals surface area contributed by atoms with Crippen molar-refractivity contribution < 1.29 is 9.59 Å². The summed E-state index contributed by atoms with van der Waals surface area (Å²) in [5.74, 6) is -0.673. The SMILES string of the molecule is CC1(C)SC(=S)N(Cc2ccccc2)C(=O)C1NC(=O)c1cccnc1Cl. The van der Waals surface area contributed by atoms with Gasteiger partial charge in [0.25, 0.3) is 11.8 Å². The lowest BCUT2D eigenvalue weighted by atomic mass is 10.0. The second kappa shape index (κ2) is 7.96. The molecule has 0 spiro atoms. The first-order chi connectivity index (χ1) is 12.8. The number of nitrogens with zero attached hydrogens (tertiary/aromatic N) is 2. The zero-order chi connectivity index (χ0) is 19.6. The molecule has 2 aromatic rings. The summed E-state index contributed by atoms with van der Waals surface area (Å²) in [5.41, 5.74) is 1.20. The molecule has 3 rings (SSSR count). The number of pyridine rings is 1. The van der Waals surface area contributed by atoms with E-state index in [1.54, 1.807) is 12.1 Å². The Hall–Kier alpha value is -1.96. The average Bonchev–Trinajstić information content (AvgIpc) is 2.63. The van der Waals surface area contributed by atoms with Crippen molar-refractivity contribution in [3.8, 4) is 0 Å². The van der Waals surface area contributed by atoms with E-state index >= 15 is 0 Å². The molecule has 27 heavy (non-hydrogen) atoms. The molecule has 1 aromatic heterocycles. The molecule has 1 unspecified atom stereocenters. The van der Waals surface area contributed by atoms with Gasteiger partial charge in [-0.3, -0.25) is 14.5 Å².